The van der Waals surface area contributed by atoms with E-state index in [1.807, 2.05) is 6.92 Å². The number of benzene rings is 2. The average Bonchev–Trinajstić information content (AvgIpc) is 2.51. The number of hydrogen-bond acceptors (Lipinski definition) is 2. The van der Waals surface area contributed by atoms with Gasteiger partial charge in [-0.15, -0.1) is 0 Å². The number of anilines is 1. The van der Waals surface area contributed by atoms with E-state index in [0.717, 1.165) is 6.42 Å². The molecule has 0 spiro atoms. The molecule has 2 N–H and O–H groups in total. The number of amides is 2. The molecule has 0 aliphatic rings. The molecule has 2 aromatic rings. The minimum atomic E-state index is -0.302. The van der Waals surface area contributed by atoms with Crippen molar-refractivity contribution in [3.63, 3.8) is 0 Å². The maximum atomic E-state index is 12.2. The molecule has 0 unspecified atom stereocenters. The van der Waals surface area contributed by atoms with Crippen LogP contribution in [0.25, 0.3) is 0 Å². The van der Waals surface area contributed by atoms with Crippen LogP contribution in [0.1, 0.15) is 34.1 Å². The number of carbonyl (C=O) groups excluding carboxylic acids is 2. The van der Waals surface area contributed by atoms with Crippen LogP contribution in [-0.4, -0.2) is 18.4 Å². The van der Waals surface area contributed by atoms with Crippen LogP contribution in [0.5, 0.6) is 0 Å². The largest absolute Gasteiger partial charge is 0.352 e. The van der Waals surface area contributed by atoms with Crippen LogP contribution >= 0.6 is 23.2 Å². The summed E-state index contributed by atoms with van der Waals surface area (Å²) in [5, 5.41) is 6.38. The van der Waals surface area contributed by atoms with Crippen LogP contribution in [0, 0.1) is 0 Å². The topological polar surface area (TPSA) is 58.2 Å². The highest BCUT2D eigenvalue weighted by molar-refractivity contribution is 6.35. The van der Waals surface area contributed by atoms with Gasteiger partial charge in [0, 0.05) is 33.4 Å². The third kappa shape index (κ3) is 4.98. The Balaban J connectivity index is 2.06. The Morgan fingerprint density at radius 1 is 0.913 bits per heavy atom. The third-order valence-electron chi connectivity index (χ3n) is 3.07. The van der Waals surface area contributed by atoms with Crippen molar-refractivity contribution < 1.29 is 9.59 Å². The van der Waals surface area contributed by atoms with E-state index in [0.29, 0.717) is 33.4 Å². The molecule has 6 heteroatoms. The van der Waals surface area contributed by atoms with Crippen LogP contribution < -0.4 is 10.6 Å². The highest BCUT2D eigenvalue weighted by atomic mass is 35.5. The summed E-state index contributed by atoms with van der Waals surface area (Å²) in [5.74, 6) is -0.454. The van der Waals surface area contributed by atoms with Crippen molar-refractivity contribution in [1.29, 1.82) is 0 Å². The lowest BCUT2D eigenvalue weighted by Crippen LogP contribution is -2.24. The van der Waals surface area contributed by atoms with Gasteiger partial charge in [0.15, 0.2) is 0 Å². The number of carbonyl (C=O) groups is 2. The Bertz CT molecular complexity index is 695. The lowest BCUT2D eigenvalue weighted by molar-refractivity contribution is 0.0951. The molecule has 0 heterocycles. The Hall–Kier alpha value is -2.04. The minimum Gasteiger partial charge on any atom is -0.352 e. The van der Waals surface area contributed by atoms with Gasteiger partial charge in [0.2, 0.25) is 0 Å². The molecule has 4 nitrogen and oxygen atoms in total. The molecule has 120 valence electrons. The molecule has 0 saturated carbocycles. The van der Waals surface area contributed by atoms with E-state index < -0.39 is 0 Å². The predicted octanol–water partition coefficient (Wildman–Crippen LogP) is 4.39. The molecule has 0 saturated heterocycles. The number of halogens is 2. The van der Waals surface area contributed by atoms with Gasteiger partial charge in [-0.2, -0.15) is 0 Å². The van der Waals surface area contributed by atoms with Crippen LogP contribution in [0.3, 0.4) is 0 Å². The van der Waals surface area contributed by atoms with Gasteiger partial charge in [0.1, 0.15) is 0 Å². The van der Waals surface area contributed by atoms with Gasteiger partial charge in [-0.05, 0) is 48.9 Å². The normalized spacial score (nSPS) is 10.2. The molecule has 0 fully saturated rings. The predicted molar refractivity (Wildman–Crippen MR) is 93.5 cm³/mol. The van der Waals surface area contributed by atoms with Gasteiger partial charge in [-0.25, -0.2) is 0 Å². The smallest absolute Gasteiger partial charge is 0.255 e. The van der Waals surface area contributed by atoms with E-state index >= 15 is 0 Å². The first-order chi connectivity index (χ1) is 11.0. The second kappa shape index (κ2) is 7.99. The molecule has 0 aromatic heterocycles. The SMILES string of the molecule is CCCNC(=O)c1ccc(C(=O)Nc2cc(Cl)cc(Cl)c2)cc1. The quantitative estimate of drug-likeness (QED) is 0.840. The summed E-state index contributed by atoms with van der Waals surface area (Å²) in [6.45, 7) is 2.60. The van der Waals surface area contributed by atoms with Crippen LogP contribution in [0.2, 0.25) is 10.0 Å². The van der Waals surface area contributed by atoms with Gasteiger partial charge >= 0.3 is 0 Å². The minimum absolute atomic E-state index is 0.152. The third-order valence-corrected chi connectivity index (χ3v) is 3.50. The molecule has 2 aromatic carbocycles. The maximum Gasteiger partial charge on any atom is 0.255 e. The molecular formula is C17H16Cl2N2O2. The zero-order valence-corrected chi connectivity index (χ0v) is 14.0. The Labute approximate surface area is 144 Å². The monoisotopic (exact) mass is 350 g/mol. The highest BCUT2D eigenvalue weighted by Gasteiger charge is 2.09. The van der Waals surface area contributed by atoms with Crippen LogP contribution in [0.15, 0.2) is 42.5 Å². The van der Waals surface area contributed by atoms with Crippen LogP contribution in [0.4, 0.5) is 5.69 Å². The van der Waals surface area contributed by atoms with Crippen molar-refractivity contribution in [1.82, 2.24) is 5.32 Å². The number of hydrogen-bond donors (Lipinski definition) is 2. The molecule has 23 heavy (non-hydrogen) atoms. The van der Waals surface area contributed by atoms with Crippen molar-refractivity contribution in [2.24, 2.45) is 0 Å². The van der Waals surface area contributed by atoms with Gasteiger partial charge in [-0.3, -0.25) is 9.59 Å². The van der Waals surface area contributed by atoms with E-state index in [1.165, 1.54) is 0 Å². The zero-order chi connectivity index (χ0) is 16.8. The van der Waals surface area contributed by atoms with Gasteiger partial charge in [-0.1, -0.05) is 30.1 Å². The summed E-state index contributed by atoms with van der Waals surface area (Å²) >= 11 is 11.8. The van der Waals surface area contributed by atoms with E-state index in [2.05, 4.69) is 10.6 Å². The molecule has 2 rings (SSSR count). The van der Waals surface area contributed by atoms with Gasteiger partial charge in [0.05, 0.1) is 0 Å². The molecule has 2 amide bonds. The van der Waals surface area contributed by atoms with Crippen LogP contribution in [-0.2, 0) is 0 Å². The fourth-order valence-electron chi connectivity index (χ4n) is 1.94. The first kappa shape index (κ1) is 17.3. The van der Waals surface area contributed by atoms with Gasteiger partial charge in [0.25, 0.3) is 11.8 Å². The van der Waals surface area contributed by atoms with E-state index in [1.54, 1.807) is 42.5 Å². The summed E-state index contributed by atoms with van der Waals surface area (Å²) in [4.78, 5) is 24.0. The first-order valence-corrected chi connectivity index (χ1v) is 7.91. The van der Waals surface area contributed by atoms with Crippen molar-refractivity contribution in [2.75, 3.05) is 11.9 Å². The fourth-order valence-corrected chi connectivity index (χ4v) is 2.47. The molecular weight excluding hydrogens is 335 g/mol. The number of nitrogens with one attached hydrogen (secondary N) is 2. The molecule has 0 aliphatic carbocycles. The Morgan fingerprint density at radius 3 is 1.96 bits per heavy atom. The number of rotatable bonds is 5. The lowest BCUT2D eigenvalue weighted by Gasteiger charge is -2.08. The second-order valence-electron chi connectivity index (χ2n) is 4.95. The average molecular weight is 351 g/mol. The Kier molecular flexibility index (Phi) is 6.02. The summed E-state index contributed by atoms with van der Waals surface area (Å²) in [6.07, 6.45) is 0.869. The standard InChI is InChI=1S/C17H16Cl2N2O2/c1-2-7-20-16(22)11-3-5-12(6-4-11)17(23)21-15-9-13(18)8-14(19)10-15/h3-6,8-10H,2,7H2,1H3,(H,20,22)(H,21,23). The fraction of sp³-hybridized carbons (Fsp3) is 0.176. The molecule has 0 aliphatic heterocycles. The molecule has 0 radical (unpaired) electrons. The summed E-state index contributed by atoms with van der Waals surface area (Å²) in [6, 6.07) is 11.2. The summed E-state index contributed by atoms with van der Waals surface area (Å²) < 4.78 is 0. The summed E-state index contributed by atoms with van der Waals surface area (Å²) in [5.41, 5.74) is 1.46. The molecule has 0 atom stereocenters. The highest BCUT2D eigenvalue weighted by Crippen LogP contribution is 2.22. The maximum absolute atomic E-state index is 12.2. The van der Waals surface area contributed by atoms with E-state index in [4.69, 9.17) is 23.2 Å². The van der Waals surface area contributed by atoms with E-state index in [9.17, 15) is 9.59 Å². The molecule has 0 bridgehead atoms. The van der Waals surface area contributed by atoms with Crippen molar-refractivity contribution in [3.8, 4) is 0 Å². The second-order valence-corrected chi connectivity index (χ2v) is 5.82. The van der Waals surface area contributed by atoms with E-state index in [-0.39, 0.29) is 11.8 Å². The van der Waals surface area contributed by atoms with Crippen molar-refractivity contribution in [3.05, 3.63) is 63.6 Å². The first-order valence-electron chi connectivity index (χ1n) is 7.15. The zero-order valence-electron chi connectivity index (χ0n) is 12.5. The lowest BCUT2D eigenvalue weighted by atomic mass is 10.1. The Morgan fingerprint density at radius 2 is 1.43 bits per heavy atom. The van der Waals surface area contributed by atoms with Gasteiger partial charge < -0.3 is 10.6 Å². The van der Waals surface area contributed by atoms with Crippen molar-refractivity contribution >= 4 is 40.7 Å². The summed E-state index contributed by atoms with van der Waals surface area (Å²) in [7, 11) is 0. The van der Waals surface area contributed by atoms with Crippen molar-refractivity contribution in [2.45, 2.75) is 13.3 Å².